The lowest BCUT2D eigenvalue weighted by molar-refractivity contribution is 0.720. The van der Waals surface area contributed by atoms with E-state index in [2.05, 4.69) is 42.4 Å². The summed E-state index contributed by atoms with van der Waals surface area (Å²) >= 11 is 0. The largest absolute Gasteiger partial charge is 0.326 e. The lowest BCUT2D eigenvalue weighted by Crippen LogP contribution is -2.14. The first kappa shape index (κ1) is 14.7. The normalized spacial score (nSPS) is 13.0. The van der Waals surface area contributed by atoms with Crippen LogP contribution in [-0.2, 0) is 6.42 Å². The van der Waals surface area contributed by atoms with E-state index in [0.717, 1.165) is 30.2 Å². The molecule has 0 atom stereocenters. The molecule has 0 fully saturated rings. The van der Waals surface area contributed by atoms with Gasteiger partial charge in [0.05, 0.1) is 5.69 Å². The number of benzene rings is 1. The van der Waals surface area contributed by atoms with E-state index in [1.54, 1.807) is 6.20 Å². The van der Waals surface area contributed by atoms with Crippen molar-refractivity contribution in [2.24, 2.45) is 0 Å². The van der Waals surface area contributed by atoms with E-state index in [4.69, 9.17) is 0 Å². The van der Waals surface area contributed by atoms with Gasteiger partial charge in [0.25, 0.3) is 0 Å². The summed E-state index contributed by atoms with van der Waals surface area (Å²) in [5, 5.41) is 12.8. The van der Waals surface area contributed by atoms with E-state index in [0.29, 0.717) is 11.5 Å². The van der Waals surface area contributed by atoms with E-state index < -0.39 is 0 Å². The Bertz CT molecular complexity index is 1060. The number of tetrazole rings is 1. The zero-order chi connectivity index (χ0) is 17.3. The molecule has 1 aliphatic rings. The second-order valence-corrected chi connectivity index (χ2v) is 6.03. The molecular weight excluding hydrogens is 326 g/mol. The van der Waals surface area contributed by atoms with Crippen LogP contribution in [0.25, 0.3) is 17.2 Å². The molecule has 0 N–H and O–H groups in total. The maximum absolute atomic E-state index is 4.53. The average molecular weight is 341 g/mol. The fraction of sp³-hybridized carbons (Fsp3) is 0.105. The number of anilines is 2. The Labute approximate surface area is 150 Å². The van der Waals surface area contributed by atoms with Crippen LogP contribution >= 0.6 is 0 Å². The summed E-state index contributed by atoms with van der Waals surface area (Å²) in [6, 6.07) is 17.8. The number of rotatable bonds is 3. The van der Waals surface area contributed by atoms with Crippen molar-refractivity contribution in [2.75, 3.05) is 11.4 Å². The van der Waals surface area contributed by atoms with Gasteiger partial charge >= 0.3 is 0 Å². The van der Waals surface area contributed by atoms with Crippen LogP contribution in [0.15, 0.2) is 67.0 Å². The molecule has 1 aliphatic heterocycles. The Balaban J connectivity index is 1.49. The highest BCUT2D eigenvalue weighted by molar-refractivity contribution is 5.67. The third-order valence-electron chi connectivity index (χ3n) is 4.41. The smallest absolute Gasteiger partial charge is 0.223 e. The number of hydrogen-bond donors (Lipinski definition) is 0. The fourth-order valence-electron chi connectivity index (χ4n) is 3.16. The first-order valence-electron chi connectivity index (χ1n) is 8.42. The third-order valence-corrected chi connectivity index (χ3v) is 4.41. The molecule has 3 aromatic heterocycles. The van der Waals surface area contributed by atoms with Gasteiger partial charge < -0.3 is 4.90 Å². The highest BCUT2D eigenvalue weighted by atomic mass is 15.6. The molecule has 126 valence electrons. The second kappa shape index (κ2) is 6.03. The summed E-state index contributed by atoms with van der Waals surface area (Å²) in [6.45, 7) is 0.916. The van der Waals surface area contributed by atoms with Crippen molar-refractivity contribution in [3.63, 3.8) is 0 Å². The molecule has 0 bridgehead atoms. The molecule has 26 heavy (non-hydrogen) atoms. The summed E-state index contributed by atoms with van der Waals surface area (Å²) in [5.74, 6) is 1.52. The number of pyridine rings is 2. The molecule has 5 rings (SSSR count). The van der Waals surface area contributed by atoms with Crippen LogP contribution in [0.5, 0.6) is 0 Å². The molecule has 4 aromatic rings. The molecule has 0 saturated carbocycles. The maximum Gasteiger partial charge on any atom is 0.223 e. The summed E-state index contributed by atoms with van der Waals surface area (Å²) in [4.78, 5) is 12.5. The van der Waals surface area contributed by atoms with Gasteiger partial charge in [0.2, 0.25) is 5.82 Å². The Morgan fingerprint density at radius 1 is 0.846 bits per heavy atom. The van der Waals surface area contributed by atoms with Crippen LogP contribution < -0.4 is 4.90 Å². The summed E-state index contributed by atoms with van der Waals surface area (Å²) in [7, 11) is 0. The first-order valence-corrected chi connectivity index (χ1v) is 8.42. The topological polar surface area (TPSA) is 72.6 Å². The van der Waals surface area contributed by atoms with E-state index in [1.165, 1.54) is 10.4 Å². The quantitative estimate of drug-likeness (QED) is 0.570. The van der Waals surface area contributed by atoms with Crippen LogP contribution in [0.2, 0.25) is 0 Å². The van der Waals surface area contributed by atoms with Gasteiger partial charge in [-0.05, 0) is 53.6 Å². The SMILES string of the molecule is c1ccc(-c2nnn(-c3cccc(N4CCc5cccnc54)c3)n2)nc1. The third kappa shape index (κ3) is 2.50. The highest BCUT2D eigenvalue weighted by Crippen LogP contribution is 2.32. The summed E-state index contributed by atoms with van der Waals surface area (Å²) < 4.78 is 0. The Morgan fingerprint density at radius 2 is 1.77 bits per heavy atom. The zero-order valence-corrected chi connectivity index (χ0v) is 13.9. The van der Waals surface area contributed by atoms with Crippen molar-refractivity contribution in [2.45, 2.75) is 6.42 Å². The summed E-state index contributed by atoms with van der Waals surface area (Å²) in [6.07, 6.45) is 4.55. The van der Waals surface area contributed by atoms with Gasteiger partial charge in [-0.2, -0.15) is 0 Å². The van der Waals surface area contributed by atoms with Crippen molar-refractivity contribution < 1.29 is 0 Å². The van der Waals surface area contributed by atoms with E-state index in [1.807, 2.05) is 48.7 Å². The van der Waals surface area contributed by atoms with Gasteiger partial charge in [0.15, 0.2) is 0 Å². The number of fused-ring (bicyclic) bond motifs is 1. The fourth-order valence-corrected chi connectivity index (χ4v) is 3.16. The van der Waals surface area contributed by atoms with Crippen LogP contribution in [0.3, 0.4) is 0 Å². The molecule has 0 unspecified atom stereocenters. The number of hydrogen-bond acceptors (Lipinski definition) is 6. The minimum Gasteiger partial charge on any atom is -0.326 e. The Morgan fingerprint density at radius 3 is 2.69 bits per heavy atom. The lowest BCUT2D eigenvalue weighted by atomic mass is 10.2. The lowest BCUT2D eigenvalue weighted by Gasteiger charge is -2.18. The van der Waals surface area contributed by atoms with Gasteiger partial charge in [0.1, 0.15) is 11.5 Å². The molecule has 7 nitrogen and oxygen atoms in total. The van der Waals surface area contributed by atoms with Crippen molar-refractivity contribution in [3.05, 3.63) is 72.6 Å². The summed E-state index contributed by atoms with van der Waals surface area (Å²) in [5.41, 5.74) is 3.89. The van der Waals surface area contributed by atoms with Crippen molar-refractivity contribution in [1.82, 2.24) is 30.2 Å². The predicted molar refractivity (Wildman–Crippen MR) is 97.3 cm³/mol. The van der Waals surface area contributed by atoms with Crippen molar-refractivity contribution in [1.29, 1.82) is 0 Å². The van der Waals surface area contributed by atoms with Gasteiger partial charge in [-0.25, -0.2) is 4.98 Å². The second-order valence-electron chi connectivity index (χ2n) is 6.03. The Kier molecular flexibility index (Phi) is 3.41. The van der Waals surface area contributed by atoms with Crippen molar-refractivity contribution >= 4 is 11.5 Å². The molecule has 1 aromatic carbocycles. The van der Waals surface area contributed by atoms with Gasteiger partial charge in [-0.1, -0.05) is 18.2 Å². The van der Waals surface area contributed by atoms with Gasteiger partial charge in [-0.15, -0.1) is 15.0 Å². The average Bonchev–Trinajstić information content (AvgIpc) is 3.36. The van der Waals surface area contributed by atoms with Crippen LogP contribution in [0.4, 0.5) is 11.5 Å². The van der Waals surface area contributed by atoms with Gasteiger partial charge in [-0.3, -0.25) is 4.98 Å². The van der Waals surface area contributed by atoms with E-state index in [-0.39, 0.29) is 0 Å². The first-order chi connectivity index (χ1) is 12.9. The number of aromatic nitrogens is 6. The zero-order valence-electron chi connectivity index (χ0n) is 13.9. The van der Waals surface area contributed by atoms with Crippen LogP contribution in [-0.4, -0.2) is 36.7 Å². The molecule has 4 heterocycles. The minimum absolute atomic E-state index is 0.504. The van der Waals surface area contributed by atoms with E-state index in [9.17, 15) is 0 Å². The standard InChI is InChI=1S/C19H15N7/c1-2-10-20-17(8-1)18-22-24-26(23-18)16-7-3-6-15(13-16)25-12-9-14-5-4-11-21-19(14)25/h1-8,10-11,13H,9,12H2. The minimum atomic E-state index is 0.504. The molecular formula is C19H15N7. The predicted octanol–water partition coefficient (Wildman–Crippen LogP) is 2.81. The molecule has 0 aliphatic carbocycles. The molecule has 0 radical (unpaired) electrons. The van der Waals surface area contributed by atoms with E-state index >= 15 is 0 Å². The van der Waals surface area contributed by atoms with Gasteiger partial charge in [0, 0.05) is 24.6 Å². The molecule has 0 saturated heterocycles. The molecule has 0 spiro atoms. The maximum atomic E-state index is 4.53. The number of nitrogens with zero attached hydrogens (tertiary/aromatic N) is 7. The van der Waals surface area contributed by atoms with Crippen molar-refractivity contribution in [3.8, 4) is 17.2 Å². The Hall–Kier alpha value is -3.61. The van der Waals surface area contributed by atoms with Crippen LogP contribution in [0.1, 0.15) is 5.56 Å². The molecule has 0 amide bonds. The molecule has 7 heteroatoms. The monoisotopic (exact) mass is 341 g/mol. The highest BCUT2D eigenvalue weighted by Gasteiger charge is 2.21. The van der Waals surface area contributed by atoms with Crippen LogP contribution in [0, 0.1) is 0 Å².